The number of ether oxygens (including phenoxy) is 1. The lowest BCUT2D eigenvalue weighted by Crippen LogP contribution is -2.06. The normalized spacial score (nSPS) is 12.1. The first-order chi connectivity index (χ1) is 38.2. The Balaban J connectivity index is 3.13. The van der Waals surface area contributed by atoms with Crippen LogP contribution in [0.25, 0.3) is 0 Å². The van der Waals surface area contributed by atoms with E-state index >= 15 is 0 Å². The van der Waals surface area contributed by atoms with Crippen LogP contribution in [0.2, 0.25) is 0 Å². The van der Waals surface area contributed by atoms with Crippen LogP contribution in [-0.4, -0.2) is 23.8 Å². The largest absolute Gasteiger partial charge is 0.466 e. The van der Waals surface area contributed by atoms with Crippen LogP contribution in [0.3, 0.4) is 0 Å². The molecule has 0 aromatic heterocycles. The van der Waals surface area contributed by atoms with E-state index in [2.05, 4.69) is 13.8 Å². The first-order valence-electron chi connectivity index (χ1n) is 37.0. The van der Waals surface area contributed by atoms with E-state index in [4.69, 9.17) is 4.74 Å². The maximum absolute atomic E-state index is 12.1. The van der Waals surface area contributed by atoms with E-state index in [1.165, 1.54) is 405 Å². The van der Waals surface area contributed by atoms with Gasteiger partial charge >= 0.3 is 5.97 Å². The zero-order valence-electron chi connectivity index (χ0n) is 53.8. The lowest BCUT2D eigenvalue weighted by atomic mass is 10.0. The number of aliphatic hydroxyl groups excluding tert-OH is 1. The third kappa shape index (κ3) is 71.5. The number of aliphatic hydroxyl groups is 1. The van der Waals surface area contributed by atoms with Gasteiger partial charge in [0, 0.05) is 6.42 Å². The molecule has 0 heterocycles. The Hall–Kier alpha value is -0.570. The Bertz CT molecular complexity index is 1030. The first-order valence-corrected chi connectivity index (χ1v) is 37.0. The van der Waals surface area contributed by atoms with E-state index in [0.29, 0.717) is 13.0 Å². The molecule has 0 rings (SSSR count). The maximum atomic E-state index is 12.1. The summed E-state index contributed by atoms with van der Waals surface area (Å²) in [6.45, 7) is 5.17. The second-order valence-electron chi connectivity index (χ2n) is 25.8. The third-order valence-corrected chi connectivity index (χ3v) is 17.8. The highest BCUT2D eigenvalue weighted by molar-refractivity contribution is 5.69. The Kier molecular flexibility index (Phi) is 71.0. The van der Waals surface area contributed by atoms with Crippen molar-refractivity contribution in [1.82, 2.24) is 0 Å². The summed E-state index contributed by atoms with van der Waals surface area (Å²) in [6.07, 6.45) is 95.6. The molecule has 462 valence electrons. The van der Waals surface area contributed by atoms with E-state index in [0.717, 1.165) is 32.1 Å². The molecule has 0 aliphatic heterocycles. The van der Waals surface area contributed by atoms with Crippen LogP contribution in [0.1, 0.15) is 457 Å². The van der Waals surface area contributed by atoms with Gasteiger partial charge in [0.05, 0.1) is 12.7 Å². The van der Waals surface area contributed by atoms with Gasteiger partial charge in [0.2, 0.25) is 0 Å². The molecule has 0 aromatic rings. The van der Waals surface area contributed by atoms with Gasteiger partial charge in [0.15, 0.2) is 0 Å². The van der Waals surface area contributed by atoms with Crippen LogP contribution < -0.4 is 0 Å². The number of esters is 1. The Morgan fingerprint density at radius 1 is 0.234 bits per heavy atom. The van der Waals surface area contributed by atoms with Crippen molar-refractivity contribution < 1.29 is 14.6 Å². The SMILES string of the molecule is CCCCCCCCCCCCCCCCCCCCCCCCCCCCCCCCCCCCCCCCCCCCCCCCCCCCCCCCOC(=O)CCCCCCCCCCC(O)CCCCCC. The molecule has 0 aliphatic carbocycles. The van der Waals surface area contributed by atoms with Gasteiger partial charge in [-0.15, -0.1) is 0 Å². The van der Waals surface area contributed by atoms with Gasteiger partial charge in [-0.05, 0) is 25.7 Å². The van der Waals surface area contributed by atoms with Crippen LogP contribution in [0.5, 0.6) is 0 Å². The number of unbranched alkanes of at least 4 members (excludes halogenated alkanes) is 63. The monoisotopic (exact) mass is 1090 g/mol. The summed E-state index contributed by atoms with van der Waals surface area (Å²) in [5, 5.41) is 10.1. The minimum atomic E-state index is -0.0806. The highest BCUT2D eigenvalue weighted by Crippen LogP contribution is 2.21. The summed E-state index contributed by atoms with van der Waals surface area (Å²) in [6, 6.07) is 0. The lowest BCUT2D eigenvalue weighted by Gasteiger charge is -2.10. The molecule has 1 unspecified atom stereocenters. The molecule has 0 aromatic carbocycles. The van der Waals surface area contributed by atoms with Gasteiger partial charge in [-0.25, -0.2) is 0 Å². The summed E-state index contributed by atoms with van der Waals surface area (Å²) >= 11 is 0. The van der Waals surface area contributed by atoms with Crippen LogP contribution in [0.4, 0.5) is 0 Å². The molecule has 3 nitrogen and oxygen atoms in total. The minimum absolute atomic E-state index is 0.0103. The molecule has 1 atom stereocenters. The maximum Gasteiger partial charge on any atom is 0.305 e. The zero-order valence-corrected chi connectivity index (χ0v) is 53.8. The highest BCUT2D eigenvalue weighted by atomic mass is 16.5. The average Bonchev–Trinajstić information content (AvgIpc) is 3.43. The summed E-state index contributed by atoms with van der Waals surface area (Å²) in [4.78, 5) is 12.1. The summed E-state index contributed by atoms with van der Waals surface area (Å²) in [5.74, 6) is 0.0103. The van der Waals surface area contributed by atoms with Crippen molar-refractivity contribution in [2.24, 2.45) is 0 Å². The highest BCUT2D eigenvalue weighted by Gasteiger charge is 2.06. The molecule has 3 heteroatoms. The van der Waals surface area contributed by atoms with E-state index in [9.17, 15) is 9.90 Å². The fourth-order valence-electron chi connectivity index (χ4n) is 12.3. The lowest BCUT2D eigenvalue weighted by molar-refractivity contribution is -0.143. The smallest absolute Gasteiger partial charge is 0.305 e. The fraction of sp³-hybridized carbons (Fsp3) is 0.986. The van der Waals surface area contributed by atoms with Gasteiger partial charge in [-0.1, -0.05) is 425 Å². The minimum Gasteiger partial charge on any atom is -0.466 e. The molecule has 0 bridgehead atoms. The van der Waals surface area contributed by atoms with Crippen LogP contribution in [0.15, 0.2) is 0 Å². The van der Waals surface area contributed by atoms with Crippen LogP contribution >= 0.6 is 0 Å². The molecule has 0 aliphatic rings. The molecule has 0 amide bonds. The Morgan fingerprint density at radius 2 is 0.390 bits per heavy atom. The van der Waals surface area contributed by atoms with E-state index in [1.807, 2.05) is 0 Å². The number of rotatable bonds is 71. The van der Waals surface area contributed by atoms with Gasteiger partial charge in [0.1, 0.15) is 0 Å². The number of hydrogen-bond acceptors (Lipinski definition) is 3. The van der Waals surface area contributed by atoms with Crippen LogP contribution in [0, 0.1) is 0 Å². The number of carbonyl (C=O) groups excluding carboxylic acids is 1. The van der Waals surface area contributed by atoms with Crippen molar-refractivity contribution in [2.45, 2.75) is 463 Å². The van der Waals surface area contributed by atoms with Gasteiger partial charge in [0.25, 0.3) is 0 Å². The topological polar surface area (TPSA) is 46.5 Å². The van der Waals surface area contributed by atoms with Crippen molar-refractivity contribution >= 4 is 5.97 Å². The molecule has 0 spiro atoms. The van der Waals surface area contributed by atoms with Crippen molar-refractivity contribution in [3.8, 4) is 0 Å². The van der Waals surface area contributed by atoms with E-state index < -0.39 is 0 Å². The van der Waals surface area contributed by atoms with Gasteiger partial charge in [-0.3, -0.25) is 4.79 Å². The molecular weight excluding hydrogens is 937 g/mol. The summed E-state index contributed by atoms with van der Waals surface area (Å²) < 4.78 is 5.50. The zero-order chi connectivity index (χ0) is 55.4. The van der Waals surface area contributed by atoms with Crippen molar-refractivity contribution in [3.05, 3.63) is 0 Å². The van der Waals surface area contributed by atoms with E-state index in [1.54, 1.807) is 0 Å². The summed E-state index contributed by atoms with van der Waals surface area (Å²) in [7, 11) is 0. The first kappa shape index (κ1) is 76.4. The Labute approximate surface area is 487 Å². The van der Waals surface area contributed by atoms with E-state index in [-0.39, 0.29) is 12.1 Å². The predicted octanol–water partition coefficient (Wildman–Crippen LogP) is 26.8. The fourth-order valence-corrected chi connectivity index (χ4v) is 12.3. The summed E-state index contributed by atoms with van der Waals surface area (Å²) in [5.41, 5.74) is 0. The number of carbonyl (C=O) groups is 1. The quantitative estimate of drug-likeness (QED) is 0.0488. The molecule has 77 heavy (non-hydrogen) atoms. The predicted molar refractivity (Wildman–Crippen MR) is 347 cm³/mol. The molecule has 0 saturated heterocycles. The third-order valence-electron chi connectivity index (χ3n) is 17.8. The van der Waals surface area contributed by atoms with Crippen LogP contribution in [-0.2, 0) is 9.53 Å². The molecule has 0 radical (unpaired) electrons. The second kappa shape index (κ2) is 71.5. The molecule has 1 N–H and O–H groups in total. The van der Waals surface area contributed by atoms with Crippen molar-refractivity contribution in [2.75, 3.05) is 6.61 Å². The second-order valence-corrected chi connectivity index (χ2v) is 25.8. The average molecular weight is 1090 g/mol. The van der Waals surface area contributed by atoms with Crippen molar-refractivity contribution in [1.29, 1.82) is 0 Å². The van der Waals surface area contributed by atoms with Gasteiger partial charge < -0.3 is 9.84 Å². The standard InChI is InChI=1S/C74H148O3/c1-3-5-7-9-10-11-12-13-14-15-16-17-18-19-20-21-22-23-24-25-26-27-28-29-30-31-32-33-34-35-36-37-38-39-40-41-42-43-44-45-46-47-48-49-50-51-52-53-54-55-58-61-64-68-72-77-74(76)71-67-63-60-57-56-59-62-66-70-73(75)69-65-8-6-4-2/h73,75H,3-72H2,1-2H3. The molecular formula is C74H148O3. The van der Waals surface area contributed by atoms with Crippen molar-refractivity contribution in [3.63, 3.8) is 0 Å². The van der Waals surface area contributed by atoms with Gasteiger partial charge in [-0.2, -0.15) is 0 Å². The Morgan fingerprint density at radius 3 is 0.597 bits per heavy atom. The molecule has 0 fully saturated rings. The molecule has 0 saturated carbocycles. The number of hydrogen-bond donors (Lipinski definition) is 1.